The molecule has 0 saturated carbocycles. The number of aromatic nitrogens is 2. The standard InChI is InChI=1S/C11H20N4/c1-2-8-14(7-1)10-5-12-6-11-15-9-3-4-13-15/h3-4,9,12H,1-2,5-8,10-11H2. The smallest absolute Gasteiger partial charge is 0.0533 e. The summed E-state index contributed by atoms with van der Waals surface area (Å²) in [5, 5.41) is 7.61. The molecule has 84 valence electrons. The quantitative estimate of drug-likeness (QED) is 0.694. The zero-order valence-electron chi connectivity index (χ0n) is 9.23. The monoisotopic (exact) mass is 208 g/mol. The average Bonchev–Trinajstić information content (AvgIpc) is 2.88. The van der Waals surface area contributed by atoms with Crippen LogP contribution in [0, 0.1) is 0 Å². The molecule has 1 N–H and O–H groups in total. The van der Waals surface area contributed by atoms with E-state index in [0.29, 0.717) is 0 Å². The Morgan fingerprint density at radius 3 is 2.67 bits per heavy atom. The van der Waals surface area contributed by atoms with Gasteiger partial charge >= 0.3 is 0 Å². The van der Waals surface area contributed by atoms with Crippen LogP contribution in [-0.2, 0) is 6.54 Å². The first-order valence-corrected chi connectivity index (χ1v) is 5.86. The minimum absolute atomic E-state index is 0.965. The minimum Gasteiger partial charge on any atom is -0.314 e. The topological polar surface area (TPSA) is 33.1 Å². The summed E-state index contributed by atoms with van der Waals surface area (Å²) in [5.41, 5.74) is 0. The lowest BCUT2D eigenvalue weighted by Crippen LogP contribution is -2.31. The van der Waals surface area contributed by atoms with E-state index in [-0.39, 0.29) is 0 Å². The van der Waals surface area contributed by atoms with Crippen LogP contribution in [0.1, 0.15) is 12.8 Å². The normalized spacial score (nSPS) is 17.3. The molecular formula is C11H20N4. The molecule has 2 rings (SSSR count). The van der Waals surface area contributed by atoms with Crippen molar-refractivity contribution < 1.29 is 0 Å². The zero-order valence-corrected chi connectivity index (χ0v) is 9.23. The summed E-state index contributed by atoms with van der Waals surface area (Å²) in [6, 6.07) is 1.96. The van der Waals surface area contributed by atoms with Crippen LogP contribution in [0.15, 0.2) is 18.5 Å². The third-order valence-corrected chi connectivity index (χ3v) is 2.88. The first-order valence-electron chi connectivity index (χ1n) is 5.86. The lowest BCUT2D eigenvalue weighted by molar-refractivity contribution is 0.334. The maximum absolute atomic E-state index is 4.16. The summed E-state index contributed by atoms with van der Waals surface area (Å²) in [4.78, 5) is 2.53. The molecule has 0 atom stereocenters. The van der Waals surface area contributed by atoms with E-state index in [0.717, 1.165) is 19.6 Å². The van der Waals surface area contributed by atoms with Crippen molar-refractivity contribution in [3.8, 4) is 0 Å². The maximum atomic E-state index is 4.16. The molecule has 1 fully saturated rings. The Labute approximate surface area is 91.3 Å². The fourth-order valence-corrected chi connectivity index (χ4v) is 1.99. The molecule has 1 aliphatic heterocycles. The van der Waals surface area contributed by atoms with Crippen molar-refractivity contribution in [3.05, 3.63) is 18.5 Å². The van der Waals surface area contributed by atoms with E-state index < -0.39 is 0 Å². The van der Waals surface area contributed by atoms with Gasteiger partial charge in [-0.05, 0) is 32.0 Å². The molecule has 4 nitrogen and oxygen atoms in total. The highest BCUT2D eigenvalue weighted by Gasteiger charge is 2.09. The average molecular weight is 208 g/mol. The minimum atomic E-state index is 0.965. The van der Waals surface area contributed by atoms with Gasteiger partial charge in [-0.3, -0.25) is 4.68 Å². The van der Waals surface area contributed by atoms with Crippen LogP contribution in [0.5, 0.6) is 0 Å². The van der Waals surface area contributed by atoms with E-state index in [1.54, 1.807) is 0 Å². The fraction of sp³-hybridized carbons (Fsp3) is 0.727. The van der Waals surface area contributed by atoms with Gasteiger partial charge in [-0.2, -0.15) is 5.10 Å². The molecule has 0 bridgehead atoms. The summed E-state index contributed by atoms with van der Waals surface area (Å²) in [6.45, 7) is 6.85. The highest BCUT2D eigenvalue weighted by Crippen LogP contribution is 2.05. The fourth-order valence-electron chi connectivity index (χ4n) is 1.99. The van der Waals surface area contributed by atoms with Gasteiger partial charge in [0.15, 0.2) is 0 Å². The van der Waals surface area contributed by atoms with Gasteiger partial charge < -0.3 is 10.2 Å². The van der Waals surface area contributed by atoms with Crippen LogP contribution in [-0.4, -0.2) is 47.4 Å². The molecule has 0 unspecified atom stereocenters. The van der Waals surface area contributed by atoms with Gasteiger partial charge in [0.25, 0.3) is 0 Å². The summed E-state index contributed by atoms with van der Waals surface area (Å²) in [7, 11) is 0. The third kappa shape index (κ3) is 3.64. The SMILES string of the molecule is c1cnn(CCNCCN2CCCC2)c1. The van der Waals surface area contributed by atoms with Crippen molar-refractivity contribution in [2.45, 2.75) is 19.4 Å². The van der Waals surface area contributed by atoms with Gasteiger partial charge in [0.1, 0.15) is 0 Å². The summed E-state index contributed by atoms with van der Waals surface area (Å²) in [5.74, 6) is 0. The molecule has 0 aliphatic carbocycles. The Morgan fingerprint density at radius 2 is 1.93 bits per heavy atom. The van der Waals surface area contributed by atoms with Crippen molar-refractivity contribution in [3.63, 3.8) is 0 Å². The van der Waals surface area contributed by atoms with E-state index >= 15 is 0 Å². The number of likely N-dealkylation sites (tertiary alicyclic amines) is 1. The van der Waals surface area contributed by atoms with Gasteiger partial charge in [0, 0.05) is 32.0 Å². The molecule has 1 aromatic heterocycles. The van der Waals surface area contributed by atoms with E-state index in [2.05, 4.69) is 15.3 Å². The number of hydrogen-bond acceptors (Lipinski definition) is 3. The van der Waals surface area contributed by atoms with Crippen LogP contribution in [0.4, 0.5) is 0 Å². The molecule has 2 heterocycles. The molecule has 15 heavy (non-hydrogen) atoms. The van der Waals surface area contributed by atoms with E-state index in [4.69, 9.17) is 0 Å². The van der Waals surface area contributed by atoms with Gasteiger partial charge in [-0.25, -0.2) is 0 Å². The molecule has 4 heteroatoms. The summed E-state index contributed by atoms with van der Waals surface area (Å²) < 4.78 is 1.96. The molecule has 0 aromatic carbocycles. The molecule has 0 amide bonds. The highest BCUT2D eigenvalue weighted by atomic mass is 15.3. The Kier molecular flexibility index (Phi) is 4.17. The maximum Gasteiger partial charge on any atom is 0.0533 e. The predicted molar refractivity (Wildman–Crippen MR) is 60.8 cm³/mol. The molecule has 0 radical (unpaired) electrons. The number of nitrogens with zero attached hydrogens (tertiary/aromatic N) is 3. The van der Waals surface area contributed by atoms with Gasteiger partial charge in [0.2, 0.25) is 0 Å². The van der Waals surface area contributed by atoms with Crippen LogP contribution in [0.3, 0.4) is 0 Å². The molecule has 0 spiro atoms. The first-order chi connectivity index (χ1) is 7.45. The molecule has 1 aliphatic rings. The van der Waals surface area contributed by atoms with Gasteiger partial charge in [0.05, 0.1) is 6.54 Å². The van der Waals surface area contributed by atoms with Crippen LogP contribution < -0.4 is 5.32 Å². The van der Waals surface area contributed by atoms with Crippen molar-refractivity contribution in [1.82, 2.24) is 20.0 Å². The largest absolute Gasteiger partial charge is 0.314 e. The lowest BCUT2D eigenvalue weighted by Gasteiger charge is -2.14. The number of hydrogen-bond donors (Lipinski definition) is 1. The number of rotatable bonds is 6. The van der Waals surface area contributed by atoms with Crippen molar-refractivity contribution in [2.75, 3.05) is 32.7 Å². The molecule has 1 aromatic rings. The second-order valence-corrected chi connectivity index (χ2v) is 4.07. The zero-order chi connectivity index (χ0) is 10.3. The second kappa shape index (κ2) is 5.88. The Morgan fingerprint density at radius 1 is 1.13 bits per heavy atom. The summed E-state index contributed by atoms with van der Waals surface area (Å²) >= 11 is 0. The van der Waals surface area contributed by atoms with Crippen LogP contribution in [0.25, 0.3) is 0 Å². The Hall–Kier alpha value is -0.870. The first kappa shape index (κ1) is 10.6. The predicted octanol–water partition coefficient (Wildman–Crippen LogP) is 0.568. The van der Waals surface area contributed by atoms with Gasteiger partial charge in [-0.1, -0.05) is 0 Å². The highest BCUT2D eigenvalue weighted by molar-refractivity contribution is 4.77. The lowest BCUT2D eigenvalue weighted by atomic mass is 10.4. The van der Waals surface area contributed by atoms with Crippen LogP contribution >= 0.6 is 0 Å². The van der Waals surface area contributed by atoms with E-state index in [1.165, 1.54) is 32.5 Å². The Bertz CT molecular complexity index is 252. The second-order valence-electron chi connectivity index (χ2n) is 4.07. The van der Waals surface area contributed by atoms with E-state index in [1.807, 2.05) is 23.1 Å². The van der Waals surface area contributed by atoms with Gasteiger partial charge in [-0.15, -0.1) is 0 Å². The Balaban J connectivity index is 1.48. The van der Waals surface area contributed by atoms with E-state index in [9.17, 15) is 0 Å². The van der Waals surface area contributed by atoms with Crippen molar-refractivity contribution in [1.29, 1.82) is 0 Å². The third-order valence-electron chi connectivity index (χ3n) is 2.88. The van der Waals surface area contributed by atoms with Crippen molar-refractivity contribution in [2.24, 2.45) is 0 Å². The van der Waals surface area contributed by atoms with Crippen LogP contribution in [0.2, 0.25) is 0 Å². The van der Waals surface area contributed by atoms with Crippen molar-refractivity contribution >= 4 is 0 Å². The molecule has 1 saturated heterocycles. The molecular weight excluding hydrogens is 188 g/mol. The number of nitrogens with one attached hydrogen (secondary N) is 1. The summed E-state index contributed by atoms with van der Waals surface area (Å²) in [6.07, 6.45) is 6.59.